The number of carbonyl (C=O) groups is 1. The molecule has 0 saturated heterocycles. The summed E-state index contributed by atoms with van der Waals surface area (Å²) in [6, 6.07) is 5.07. The Morgan fingerprint density at radius 1 is 1.17 bits per heavy atom. The smallest absolute Gasteiger partial charge is 0.335 e. The Morgan fingerprint density at radius 2 is 1.94 bits per heavy atom. The first-order chi connectivity index (χ1) is 8.56. The molecule has 1 aromatic heterocycles. The topological polar surface area (TPSA) is 59.3 Å². The Labute approximate surface area is 99.9 Å². The van der Waals surface area contributed by atoms with Crippen molar-refractivity contribution in [3.8, 4) is 0 Å². The number of anilines is 1. The molecular weight excluding hydrogens is 244 g/mol. The minimum Gasteiger partial charge on any atom is -0.430 e. The van der Waals surface area contributed by atoms with Crippen LogP contribution in [0.25, 0.3) is 0 Å². The van der Waals surface area contributed by atoms with Crippen molar-refractivity contribution in [2.45, 2.75) is 0 Å². The monoisotopic (exact) mass is 251 g/mol. The zero-order chi connectivity index (χ0) is 13.1. The van der Waals surface area contributed by atoms with Gasteiger partial charge in [-0.2, -0.15) is 0 Å². The number of hydrogen-bond donors (Lipinski definition) is 1. The maximum atomic E-state index is 13.3. The van der Waals surface area contributed by atoms with Crippen LogP contribution in [0.1, 0.15) is 10.4 Å². The molecular formula is C12H7F2NO3. The first kappa shape index (κ1) is 12.0. The van der Waals surface area contributed by atoms with Crippen molar-refractivity contribution in [3.05, 3.63) is 64.2 Å². The van der Waals surface area contributed by atoms with Crippen molar-refractivity contribution in [3.63, 3.8) is 0 Å². The summed E-state index contributed by atoms with van der Waals surface area (Å²) in [4.78, 5) is 22.3. The van der Waals surface area contributed by atoms with Crippen LogP contribution in [-0.4, -0.2) is 5.91 Å². The molecule has 1 amide bonds. The van der Waals surface area contributed by atoms with Gasteiger partial charge in [-0.3, -0.25) is 4.79 Å². The van der Waals surface area contributed by atoms with E-state index in [1.807, 2.05) is 0 Å². The van der Waals surface area contributed by atoms with E-state index in [1.54, 1.807) is 0 Å². The number of nitrogens with one attached hydrogen (secondary N) is 1. The number of rotatable bonds is 2. The van der Waals surface area contributed by atoms with E-state index in [1.165, 1.54) is 6.07 Å². The summed E-state index contributed by atoms with van der Waals surface area (Å²) >= 11 is 0. The van der Waals surface area contributed by atoms with Crippen LogP contribution in [0.2, 0.25) is 0 Å². The third-order valence-corrected chi connectivity index (χ3v) is 2.14. The molecule has 0 aliphatic rings. The largest absolute Gasteiger partial charge is 0.430 e. The third kappa shape index (κ3) is 2.60. The SMILES string of the molecule is O=C(Nc1ccc(F)cc1F)c1ccc(=O)oc1. The maximum Gasteiger partial charge on any atom is 0.335 e. The van der Waals surface area contributed by atoms with Crippen LogP contribution in [0.5, 0.6) is 0 Å². The summed E-state index contributed by atoms with van der Waals surface area (Å²) in [6.45, 7) is 0. The zero-order valence-electron chi connectivity index (χ0n) is 8.94. The van der Waals surface area contributed by atoms with Gasteiger partial charge in [0, 0.05) is 12.1 Å². The van der Waals surface area contributed by atoms with E-state index >= 15 is 0 Å². The van der Waals surface area contributed by atoms with E-state index < -0.39 is 23.2 Å². The molecule has 2 aromatic rings. The lowest BCUT2D eigenvalue weighted by atomic mass is 10.2. The fourth-order valence-electron chi connectivity index (χ4n) is 1.27. The van der Waals surface area contributed by atoms with Crippen molar-refractivity contribution in [2.24, 2.45) is 0 Å². The van der Waals surface area contributed by atoms with Gasteiger partial charge in [-0.05, 0) is 18.2 Å². The summed E-state index contributed by atoms with van der Waals surface area (Å²) in [5, 5.41) is 2.23. The van der Waals surface area contributed by atoms with E-state index in [0.717, 1.165) is 24.5 Å². The summed E-state index contributed by atoms with van der Waals surface area (Å²) in [6.07, 6.45) is 0.957. The van der Waals surface area contributed by atoms with E-state index in [4.69, 9.17) is 0 Å². The van der Waals surface area contributed by atoms with E-state index in [-0.39, 0.29) is 11.3 Å². The predicted molar refractivity (Wildman–Crippen MR) is 59.3 cm³/mol. The first-order valence-electron chi connectivity index (χ1n) is 4.91. The van der Waals surface area contributed by atoms with Gasteiger partial charge in [-0.25, -0.2) is 13.6 Å². The van der Waals surface area contributed by atoms with Gasteiger partial charge >= 0.3 is 5.63 Å². The minimum absolute atomic E-state index is 0.0540. The molecule has 0 bridgehead atoms. The van der Waals surface area contributed by atoms with Crippen LogP contribution in [0.3, 0.4) is 0 Å². The molecule has 0 aliphatic carbocycles. The van der Waals surface area contributed by atoms with Crippen molar-refractivity contribution in [2.75, 3.05) is 5.32 Å². The number of carbonyl (C=O) groups excluding carboxylic acids is 1. The van der Waals surface area contributed by atoms with Gasteiger partial charge in [-0.1, -0.05) is 0 Å². The van der Waals surface area contributed by atoms with Crippen LogP contribution in [0, 0.1) is 11.6 Å². The quantitative estimate of drug-likeness (QED) is 0.889. The van der Waals surface area contributed by atoms with Gasteiger partial charge in [0.05, 0.1) is 11.3 Å². The molecule has 1 heterocycles. The summed E-state index contributed by atoms with van der Waals surface area (Å²) in [5.41, 5.74) is -0.703. The second kappa shape index (κ2) is 4.79. The second-order valence-corrected chi connectivity index (χ2v) is 3.42. The molecule has 0 radical (unpaired) electrons. The van der Waals surface area contributed by atoms with Crippen LogP contribution < -0.4 is 10.9 Å². The number of halogens is 2. The number of amides is 1. The van der Waals surface area contributed by atoms with Crippen LogP contribution >= 0.6 is 0 Å². The molecule has 0 spiro atoms. The van der Waals surface area contributed by atoms with Gasteiger partial charge in [0.25, 0.3) is 5.91 Å². The molecule has 0 unspecified atom stereocenters. The Hall–Kier alpha value is -2.50. The highest BCUT2D eigenvalue weighted by molar-refractivity contribution is 6.03. The minimum atomic E-state index is -0.888. The molecule has 0 aliphatic heterocycles. The van der Waals surface area contributed by atoms with E-state index in [9.17, 15) is 18.4 Å². The Morgan fingerprint density at radius 3 is 2.56 bits per heavy atom. The van der Waals surface area contributed by atoms with E-state index in [2.05, 4.69) is 9.73 Å². The van der Waals surface area contributed by atoms with Crippen LogP contribution in [0.15, 0.2) is 45.8 Å². The van der Waals surface area contributed by atoms with Gasteiger partial charge in [-0.15, -0.1) is 0 Å². The molecule has 0 atom stereocenters. The van der Waals surface area contributed by atoms with E-state index in [0.29, 0.717) is 6.07 Å². The molecule has 2 rings (SSSR count). The molecule has 0 fully saturated rings. The summed E-state index contributed by atoms with van der Waals surface area (Å²) < 4.78 is 30.4. The normalized spacial score (nSPS) is 10.1. The fourth-order valence-corrected chi connectivity index (χ4v) is 1.27. The summed E-state index contributed by atoms with van der Waals surface area (Å²) in [7, 11) is 0. The predicted octanol–water partition coefficient (Wildman–Crippen LogP) is 2.17. The van der Waals surface area contributed by atoms with Gasteiger partial charge in [0.1, 0.15) is 17.9 Å². The maximum absolute atomic E-state index is 13.3. The lowest BCUT2D eigenvalue weighted by Gasteiger charge is -2.05. The zero-order valence-corrected chi connectivity index (χ0v) is 8.94. The van der Waals surface area contributed by atoms with Gasteiger partial charge < -0.3 is 9.73 Å². The Kier molecular flexibility index (Phi) is 3.18. The lowest BCUT2D eigenvalue weighted by Crippen LogP contribution is -2.14. The Bertz CT molecular complexity index is 632. The van der Waals surface area contributed by atoms with Crippen molar-refractivity contribution in [1.82, 2.24) is 0 Å². The standard InChI is InChI=1S/C12H7F2NO3/c13-8-2-3-10(9(14)5-8)15-12(17)7-1-4-11(16)18-6-7/h1-6H,(H,15,17). The lowest BCUT2D eigenvalue weighted by molar-refractivity contribution is 0.102. The number of hydrogen-bond acceptors (Lipinski definition) is 3. The molecule has 18 heavy (non-hydrogen) atoms. The molecule has 0 saturated carbocycles. The van der Waals surface area contributed by atoms with Gasteiger partial charge in [0.2, 0.25) is 0 Å². The molecule has 1 aromatic carbocycles. The second-order valence-electron chi connectivity index (χ2n) is 3.42. The fraction of sp³-hybridized carbons (Fsp3) is 0. The summed E-state index contributed by atoms with van der Waals surface area (Å²) in [5.74, 6) is -2.29. The molecule has 1 N–H and O–H groups in total. The molecule has 4 nitrogen and oxygen atoms in total. The van der Waals surface area contributed by atoms with Crippen molar-refractivity contribution in [1.29, 1.82) is 0 Å². The Balaban J connectivity index is 2.21. The first-order valence-corrected chi connectivity index (χ1v) is 4.91. The molecule has 92 valence electrons. The highest BCUT2D eigenvalue weighted by Crippen LogP contribution is 2.15. The van der Waals surface area contributed by atoms with Crippen LogP contribution in [-0.2, 0) is 0 Å². The van der Waals surface area contributed by atoms with Crippen molar-refractivity contribution >= 4 is 11.6 Å². The van der Waals surface area contributed by atoms with Crippen molar-refractivity contribution < 1.29 is 18.0 Å². The highest BCUT2D eigenvalue weighted by Gasteiger charge is 2.10. The average molecular weight is 251 g/mol. The average Bonchev–Trinajstić information content (AvgIpc) is 2.33. The number of benzene rings is 1. The van der Waals surface area contributed by atoms with Gasteiger partial charge in [0.15, 0.2) is 0 Å². The van der Waals surface area contributed by atoms with Crippen LogP contribution in [0.4, 0.5) is 14.5 Å². The third-order valence-electron chi connectivity index (χ3n) is 2.14. The highest BCUT2D eigenvalue weighted by atomic mass is 19.1. The molecule has 6 heteroatoms.